The molecule has 7 heteroatoms. The Labute approximate surface area is 140 Å². The number of rotatable bonds is 3. The highest BCUT2D eigenvalue weighted by atomic mass is 79.9. The summed E-state index contributed by atoms with van der Waals surface area (Å²) in [4.78, 5) is 25.2. The first-order chi connectivity index (χ1) is 10.9. The number of fused-ring (bicyclic) bond motifs is 1. The van der Waals surface area contributed by atoms with Crippen molar-refractivity contribution in [1.82, 2.24) is 19.4 Å². The minimum Gasteiger partial charge on any atom is -0.266 e. The zero-order chi connectivity index (χ0) is 16.7. The predicted molar refractivity (Wildman–Crippen MR) is 92.4 cm³/mol. The van der Waals surface area contributed by atoms with Crippen LogP contribution >= 0.6 is 15.9 Å². The van der Waals surface area contributed by atoms with E-state index in [1.165, 1.54) is 9.20 Å². The van der Waals surface area contributed by atoms with Gasteiger partial charge in [0.15, 0.2) is 5.52 Å². The van der Waals surface area contributed by atoms with Gasteiger partial charge in [-0.05, 0) is 46.8 Å². The summed E-state index contributed by atoms with van der Waals surface area (Å²) in [5, 5.41) is 6.99. The van der Waals surface area contributed by atoms with Crippen molar-refractivity contribution in [3.05, 3.63) is 60.8 Å². The Morgan fingerprint density at radius 3 is 2.61 bits per heavy atom. The second kappa shape index (κ2) is 5.81. The number of nitrogens with zero attached hydrogens (tertiary/aromatic N) is 3. The Balaban J connectivity index is 2.33. The second-order valence-corrected chi connectivity index (χ2v) is 6.76. The van der Waals surface area contributed by atoms with E-state index in [9.17, 15) is 9.59 Å². The fourth-order valence-electron chi connectivity index (χ4n) is 2.57. The molecular weight excluding hydrogens is 360 g/mol. The summed E-state index contributed by atoms with van der Waals surface area (Å²) in [7, 11) is 0. The monoisotopic (exact) mass is 376 g/mol. The Morgan fingerprint density at radius 1 is 1.26 bits per heavy atom. The van der Waals surface area contributed by atoms with E-state index in [-0.39, 0.29) is 11.1 Å². The topological polar surface area (TPSA) is 72.2 Å². The molecule has 120 valence electrons. The van der Waals surface area contributed by atoms with E-state index in [1.54, 1.807) is 6.07 Å². The highest BCUT2D eigenvalue weighted by molar-refractivity contribution is 9.10. The zero-order valence-corrected chi connectivity index (χ0v) is 14.7. The fourth-order valence-corrected chi connectivity index (χ4v) is 3.16. The average molecular weight is 377 g/mol. The first-order valence-electron chi connectivity index (χ1n) is 7.38. The number of hydrogen-bond donors (Lipinski definition) is 1. The SMILES string of the molecule is Cc1ccccc1-n1[nH]c(=O)c2c(Br)c(CC(C)C)nn2c1=O. The Bertz CT molecular complexity index is 997. The van der Waals surface area contributed by atoms with Gasteiger partial charge in [-0.3, -0.25) is 9.89 Å². The molecule has 2 heterocycles. The molecule has 0 aliphatic carbocycles. The fraction of sp³-hybridized carbons (Fsp3) is 0.312. The maximum atomic E-state index is 12.8. The maximum Gasteiger partial charge on any atom is 0.368 e. The van der Waals surface area contributed by atoms with Crippen molar-refractivity contribution in [3.8, 4) is 5.69 Å². The van der Waals surface area contributed by atoms with Crippen LogP contribution in [-0.4, -0.2) is 19.4 Å². The quantitative estimate of drug-likeness (QED) is 0.762. The van der Waals surface area contributed by atoms with Crippen LogP contribution in [0, 0.1) is 12.8 Å². The summed E-state index contributed by atoms with van der Waals surface area (Å²) in [5.74, 6) is 0.369. The molecule has 23 heavy (non-hydrogen) atoms. The molecule has 0 aliphatic rings. The van der Waals surface area contributed by atoms with Crippen LogP contribution in [0.2, 0.25) is 0 Å². The smallest absolute Gasteiger partial charge is 0.266 e. The van der Waals surface area contributed by atoms with Crippen molar-refractivity contribution in [2.75, 3.05) is 0 Å². The normalized spacial score (nSPS) is 11.5. The number of aromatic amines is 1. The molecule has 0 spiro atoms. The molecule has 0 radical (unpaired) electrons. The molecule has 1 aromatic carbocycles. The van der Waals surface area contributed by atoms with Crippen LogP contribution < -0.4 is 11.2 Å². The van der Waals surface area contributed by atoms with Gasteiger partial charge in [0.05, 0.1) is 15.9 Å². The number of benzene rings is 1. The number of halogens is 1. The number of nitrogens with one attached hydrogen (secondary N) is 1. The molecule has 0 saturated carbocycles. The van der Waals surface area contributed by atoms with Crippen LogP contribution in [0.25, 0.3) is 11.2 Å². The lowest BCUT2D eigenvalue weighted by Crippen LogP contribution is -2.34. The van der Waals surface area contributed by atoms with E-state index in [0.717, 1.165) is 5.56 Å². The Morgan fingerprint density at radius 2 is 1.96 bits per heavy atom. The summed E-state index contributed by atoms with van der Waals surface area (Å²) in [6.45, 7) is 6.01. The van der Waals surface area contributed by atoms with Crippen LogP contribution in [-0.2, 0) is 6.42 Å². The summed E-state index contributed by atoms with van der Waals surface area (Å²) in [5.41, 5.74) is 1.72. The minimum atomic E-state index is -0.399. The lowest BCUT2D eigenvalue weighted by molar-refractivity contribution is 0.621. The standard InChI is InChI=1S/C16H17BrN4O2/c1-9(2)8-11-13(17)14-15(22)19-20(16(23)21(14)18-11)12-7-5-4-6-10(12)3/h4-7,9H,8H2,1-3H3,(H,19,22). The lowest BCUT2D eigenvalue weighted by Gasteiger charge is -2.08. The minimum absolute atomic E-state index is 0.246. The second-order valence-electron chi connectivity index (χ2n) is 5.96. The number of H-pyrrole nitrogens is 1. The summed E-state index contributed by atoms with van der Waals surface area (Å²) in [6.07, 6.45) is 0.686. The summed E-state index contributed by atoms with van der Waals surface area (Å²) < 4.78 is 3.00. The summed E-state index contributed by atoms with van der Waals surface area (Å²) >= 11 is 3.41. The van der Waals surface area contributed by atoms with Gasteiger partial charge >= 0.3 is 5.69 Å². The molecule has 0 unspecified atom stereocenters. The molecule has 0 aliphatic heterocycles. The molecular formula is C16H17BrN4O2. The molecule has 2 aromatic heterocycles. The van der Waals surface area contributed by atoms with Crippen LogP contribution in [0.15, 0.2) is 38.3 Å². The maximum absolute atomic E-state index is 12.8. The highest BCUT2D eigenvalue weighted by Gasteiger charge is 2.18. The molecule has 1 N–H and O–H groups in total. The van der Waals surface area contributed by atoms with Gasteiger partial charge in [-0.2, -0.15) is 9.61 Å². The van der Waals surface area contributed by atoms with Crippen molar-refractivity contribution in [3.63, 3.8) is 0 Å². The van der Waals surface area contributed by atoms with Gasteiger partial charge < -0.3 is 0 Å². The van der Waals surface area contributed by atoms with Gasteiger partial charge in [0.1, 0.15) is 0 Å². The van der Waals surface area contributed by atoms with Gasteiger partial charge in [0.25, 0.3) is 5.56 Å². The molecule has 0 atom stereocenters. The lowest BCUT2D eigenvalue weighted by atomic mass is 10.1. The third kappa shape index (κ3) is 2.65. The van der Waals surface area contributed by atoms with Crippen LogP contribution in [0.4, 0.5) is 0 Å². The molecule has 3 rings (SSSR count). The average Bonchev–Trinajstić information content (AvgIpc) is 2.81. The molecule has 0 fully saturated rings. The van der Waals surface area contributed by atoms with Crippen molar-refractivity contribution in [1.29, 1.82) is 0 Å². The predicted octanol–water partition coefficient (Wildman–Crippen LogP) is 2.44. The third-order valence-electron chi connectivity index (χ3n) is 3.65. The van der Waals surface area contributed by atoms with Gasteiger partial charge in [-0.25, -0.2) is 9.48 Å². The first-order valence-corrected chi connectivity index (χ1v) is 8.18. The van der Waals surface area contributed by atoms with Crippen LogP contribution in [0.1, 0.15) is 25.1 Å². The number of para-hydroxylation sites is 1. The largest absolute Gasteiger partial charge is 0.368 e. The van der Waals surface area contributed by atoms with Crippen molar-refractivity contribution in [2.45, 2.75) is 27.2 Å². The van der Waals surface area contributed by atoms with Gasteiger partial charge in [0, 0.05) is 0 Å². The van der Waals surface area contributed by atoms with E-state index < -0.39 is 5.69 Å². The van der Waals surface area contributed by atoms with Gasteiger partial charge in [-0.1, -0.05) is 32.0 Å². The Hall–Kier alpha value is -2.15. The van der Waals surface area contributed by atoms with E-state index in [2.05, 4.69) is 40.0 Å². The zero-order valence-electron chi connectivity index (χ0n) is 13.1. The highest BCUT2D eigenvalue weighted by Crippen LogP contribution is 2.21. The number of hydrogen-bond acceptors (Lipinski definition) is 3. The molecule has 0 saturated heterocycles. The van der Waals surface area contributed by atoms with E-state index in [4.69, 9.17) is 0 Å². The van der Waals surface area contributed by atoms with Gasteiger partial charge in [0.2, 0.25) is 0 Å². The number of aryl methyl sites for hydroxylation is 1. The Kier molecular flexibility index (Phi) is 3.97. The van der Waals surface area contributed by atoms with Crippen LogP contribution in [0.5, 0.6) is 0 Å². The van der Waals surface area contributed by atoms with E-state index in [0.29, 0.717) is 28.2 Å². The van der Waals surface area contributed by atoms with Crippen molar-refractivity contribution in [2.24, 2.45) is 5.92 Å². The van der Waals surface area contributed by atoms with Crippen molar-refractivity contribution < 1.29 is 0 Å². The number of aromatic nitrogens is 4. The van der Waals surface area contributed by atoms with Crippen LogP contribution in [0.3, 0.4) is 0 Å². The van der Waals surface area contributed by atoms with E-state index >= 15 is 0 Å². The molecule has 3 aromatic rings. The third-order valence-corrected chi connectivity index (χ3v) is 4.49. The molecule has 6 nitrogen and oxygen atoms in total. The van der Waals surface area contributed by atoms with Crippen molar-refractivity contribution >= 4 is 21.4 Å². The van der Waals surface area contributed by atoms with Gasteiger partial charge in [-0.15, -0.1) is 0 Å². The first kappa shape index (κ1) is 15.7. The molecule has 0 bridgehead atoms. The summed E-state index contributed by atoms with van der Waals surface area (Å²) in [6, 6.07) is 7.37. The van der Waals surface area contributed by atoms with E-state index in [1.807, 2.05) is 25.1 Å². The molecule has 0 amide bonds.